The molecule has 164 valence electrons. The van der Waals surface area contributed by atoms with E-state index in [-0.39, 0.29) is 12.6 Å². The fourth-order valence-electron chi connectivity index (χ4n) is 3.75. The van der Waals surface area contributed by atoms with Crippen molar-refractivity contribution in [1.82, 2.24) is 14.4 Å². The SMILES string of the molecule is CN(Cc1ccc(F)c(F)c1)C(=O)Nc1ccc2c(ccn2CCN2CCOCC2)c1. The highest BCUT2D eigenvalue weighted by molar-refractivity contribution is 5.92. The number of hydrogen-bond acceptors (Lipinski definition) is 3. The van der Waals surface area contributed by atoms with Crippen LogP contribution in [0.15, 0.2) is 48.7 Å². The summed E-state index contributed by atoms with van der Waals surface area (Å²) in [6.45, 7) is 5.55. The topological polar surface area (TPSA) is 49.7 Å². The maximum Gasteiger partial charge on any atom is 0.321 e. The molecule has 1 saturated heterocycles. The maximum absolute atomic E-state index is 13.4. The van der Waals surface area contributed by atoms with Gasteiger partial charge in [0.1, 0.15) is 0 Å². The number of anilines is 1. The summed E-state index contributed by atoms with van der Waals surface area (Å²) in [6.07, 6.45) is 2.06. The van der Waals surface area contributed by atoms with Crippen molar-refractivity contribution in [3.05, 3.63) is 65.9 Å². The lowest BCUT2D eigenvalue weighted by Crippen LogP contribution is -2.38. The molecule has 2 amide bonds. The van der Waals surface area contributed by atoms with Gasteiger partial charge in [0, 0.05) is 62.6 Å². The van der Waals surface area contributed by atoms with Gasteiger partial charge in [0.15, 0.2) is 11.6 Å². The molecule has 8 heteroatoms. The minimum Gasteiger partial charge on any atom is -0.379 e. The average Bonchev–Trinajstić information content (AvgIpc) is 3.17. The lowest BCUT2D eigenvalue weighted by Gasteiger charge is -2.26. The number of nitrogens with one attached hydrogen (secondary N) is 1. The van der Waals surface area contributed by atoms with Crippen LogP contribution in [0.4, 0.5) is 19.3 Å². The second kappa shape index (κ2) is 9.45. The number of benzene rings is 2. The summed E-state index contributed by atoms with van der Waals surface area (Å²) < 4.78 is 34.1. The van der Waals surface area contributed by atoms with Crippen molar-refractivity contribution >= 4 is 22.6 Å². The fourth-order valence-corrected chi connectivity index (χ4v) is 3.75. The van der Waals surface area contributed by atoms with Gasteiger partial charge in [-0.1, -0.05) is 6.07 Å². The molecule has 0 radical (unpaired) electrons. The molecule has 0 bridgehead atoms. The zero-order valence-corrected chi connectivity index (χ0v) is 17.5. The number of rotatable bonds is 6. The van der Waals surface area contributed by atoms with Crippen LogP contribution in [0.25, 0.3) is 10.9 Å². The minimum absolute atomic E-state index is 0.170. The number of carbonyl (C=O) groups excluding carboxylic acids is 1. The summed E-state index contributed by atoms with van der Waals surface area (Å²) in [4.78, 5) is 16.3. The summed E-state index contributed by atoms with van der Waals surface area (Å²) in [7, 11) is 1.61. The number of amides is 2. The standard InChI is InChI=1S/C23H26F2N4O2/c1-27(16-17-2-4-20(24)21(25)14-17)23(30)26-19-3-5-22-18(15-19)6-7-29(22)9-8-28-10-12-31-13-11-28/h2-7,14-15H,8-13,16H2,1H3,(H,26,30). The van der Waals surface area contributed by atoms with Crippen molar-refractivity contribution in [1.29, 1.82) is 0 Å². The maximum atomic E-state index is 13.4. The molecule has 6 nitrogen and oxygen atoms in total. The molecule has 1 aromatic heterocycles. The van der Waals surface area contributed by atoms with Crippen molar-refractivity contribution < 1.29 is 18.3 Å². The van der Waals surface area contributed by atoms with Crippen LogP contribution in [-0.2, 0) is 17.8 Å². The Kier molecular flexibility index (Phi) is 6.48. The highest BCUT2D eigenvalue weighted by atomic mass is 19.2. The van der Waals surface area contributed by atoms with Gasteiger partial charge < -0.3 is 19.5 Å². The quantitative estimate of drug-likeness (QED) is 0.648. The van der Waals surface area contributed by atoms with E-state index in [0.29, 0.717) is 11.3 Å². The molecule has 0 aliphatic carbocycles. The first kappa shape index (κ1) is 21.3. The molecule has 3 aromatic rings. The first-order valence-corrected chi connectivity index (χ1v) is 10.3. The number of nitrogens with zero attached hydrogens (tertiary/aromatic N) is 3. The number of fused-ring (bicyclic) bond motifs is 1. The smallest absolute Gasteiger partial charge is 0.321 e. The van der Waals surface area contributed by atoms with E-state index in [1.807, 2.05) is 24.3 Å². The van der Waals surface area contributed by atoms with Crippen molar-refractivity contribution in [3.63, 3.8) is 0 Å². The van der Waals surface area contributed by atoms with Crippen LogP contribution >= 0.6 is 0 Å². The summed E-state index contributed by atoms with van der Waals surface area (Å²) in [5.41, 5.74) is 2.31. The molecule has 2 aromatic carbocycles. The van der Waals surface area contributed by atoms with E-state index in [9.17, 15) is 13.6 Å². The first-order chi connectivity index (χ1) is 15.0. The molecule has 1 N–H and O–H groups in total. The van der Waals surface area contributed by atoms with Gasteiger partial charge in [-0.05, 0) is 42.0 Å². The number of morpholine rings is 1. The van der Waals surface area contributed by atoms with Crippen molar-refractivity contribution in [2.75, 3.05) is 45.2 Å². The Labute approximate surface area is 180 Å². The zero-order chi connectivity index (χ0) is 21.8. The van der Waals surface area contributed by atoms with Crippen LogP contribution in [-0.4, -0.2) is 60.3 Å². The van der Waals surface area contributed by atoms with Crippen LogP contribution in [0.1, 0.15) is 5.56 Å². The predicted molar refractivity (Wildman–Crippen MR) is 116 cm³/mol. The Hall–Kier alpha value is -2.97. The van der Waals surface area contributed by atoms with E-state index in [0.717, 1.165) is 62.4 Å². The van der Waals surface area contributed by atoms with E-state index in [1.165, 1.54) is 11.0 Å². The molecule has 2 heterocycles. The van der Waals surface area contributed by atoms with Crippen LogP contribution < -0.4 is 5.32 Å². The lowest BCUT2D eigenvalue weighted by molar-refractivity contribution is 0.0365. The van der Waals surface area contributed by atoms with Crippen molar-refractivity contribution in [3.8, 4) is 0 Å². The molecule has 0 atom stereocenters. The van der Waals surface area contributed by atoms with E-state index in [4.69, 9.17) is 4.74 Å². The first-order valence-electron chi connectivity index (χ1n) is 10.3. The Morgan fingerprint density at radius 3 is 2.65 bits per heavy atom. The zero-order valence-electron chi connectivity index (χ0n) is 17.5. The molecule has 1 fully saturated rings. The molecule has 1 aliphatic rings. The second-order valence-corrected chi connectivity index (χ2v) is 7.77. The number of ether oxygens (including phenoxy) is 1. The highest BCUT2D eigenvalue weighted by Gasteiger charge is 2.13. The third-order valence-electron chi connectivity index (χ3n) is 5.53. The molecule has 0 saturated carbocycles. The van der Waals surface area contributed by atoms with Crippen LogP contribution in [0, 0.1) is 11.6 Å². The Morgan fingerprint density at radius 2 is 1.87 bits per heavy atom. The summed E-state index contributed by atoms with van der Waals surface area (Å²) >= 11 is 0. The van der Waals surface area contributed by atoms with E-state index in [2.05, 4.69) is 21.0 Å². The van der Waals surface area contributed by atoms with Crippen molar-refractivity contribution in [2.45, 2.75) is 13.1 Å². The van der Waals surface area contributed by atoms with Gasteiger partial charge in [0.25, 0.3) is 0 Å². The van der Waals surface area contributed by atoms with Crippen LogP contribution in [0.3, 0.4) is 0 Å². The van der Waals surface area contributed by atoms with Gasteiger partial charge >= 0.3 is 6.03 Å². The summed E-state index contributed by atoms with van der Waals surface area (Å²) in [5.74, 6) is -1.82. The molecule has 1 aliphatic heterocycles. The lowest BCUT2D eigenvalue weighted by atomic mass is 10.2. The Balaban J connectivity index is 1.36. The molecule has 0 unspecified atom stereocenters. The second-order valence-electron chi connectivity index (χ2n) is 7.77. The van der Waals surface area contributed by atoms with Crippen LogP contribution in [0.5, 0.6) is 0 Å². The molecule has 4 rings (SSSR count). The van der Waals surface area contributed by atoms with E-state index >= 15 is 0 Å². The van der Waals surface area contributed by atoms with Crippen molar-refractivity contribution in [2.24, 2.45) is 0 Å². The van der Waals surface area contributed by atoms with Crippen LogP contribution in [0.2, 0.25) is 0 Å². The molecule has 0 spiro atoms. The minimum atomic E-state index is -0.921. The number of halogens is 2. The Morgan fingerprint density at radius 1 is 1.06 bits per heavy atom. The molecular weight excluding hydrogens is 402 g/mol. The van der Waals surface area contributed by atoms with Gasteiger partial charge in [-0.2, -0.15) is 0 Å². The summed E-state index contributed by atoms with van der Waals surface area (Å²) in [5, 5.41) is 3.91. The number of urea groups is 1. The van der Waals surface area contributed by atoms with Gasteiger partial charge in [-0.25, -0.2) is 13.6 Å². The monoisotopic (exact) mass is 428 g/mol. The summed E-state index contributed by atoms with van der Waals surface area (Å²) in [6, 6.07) is 11.2. The number of carbonyl (C=O) groups is 1. The van der Waals surface area contributed by atoms with E-state index < -0.39 is 11.6 Å². The molecule has 31 heavy (non-hydrogen) atoms. The third kappa shape index (κ3) is 5.21. The Bertz CT molecular complexity index is 1060. The van der Waals surface area contributed by atoms with Gasteiger partial charge in [0.05, 0.1) is 13.2 Å². The average molecular weight is 428 g/mol. The number of aromatic nitrogens is 1. The van der Waals surface area contributed by atoms with Gasteiger partial charge in [-0.15, -0.1) is 0 Å². The highest BCUT2D eigenvalue weighted by Crippen LogP contribution is 2.21. The fraction of sp³-hybridized carbons (Fsp3) is 0.348. The van der Waals surface area contributed by atoms with Gasteiger partial charge in [-0.3, -0.25) is 4.90 Å². The third-order valence-corrected chi connectivity index (χ3v) is 5.53. The molecular formula is C23H26F2N4O2. The largest absolute Gasteiger partial charge is 0.379 e. The normalized spacial score (nSPS) is 14.7. The van der Waals surface area contributed by atoms with Gasteiger partial charge in [0.2, 0.25) is 0 Å². The predicted octanol–water partition coefficient (Wildman–Crippen LogP) is 3.92. The van der Waals surface area contributed by atoms with E-state index in [1.54, 1.807) is 7.05 Å². The number of hydrogen-bond donors (Lipinski definition) is 1.